The molecule has 0 atom stereocenters. The maximum absolute atomic E-state index is 13.2. The number of nitrogens with one attached hydrogen (secondary N) is 2. The molecule has 0 spiro atoms. The molecule has 28 heavy (non-hydrogen) atoms. The van der Waals surface area contributed by atoms with Gasteiger partial charge in [-0.2, -0.15) is 13.2 Å². The summed E-state index contributed by atoms with van der Waals surface area (Å²) in [5.41, 5.74) is -0.0275. The Kier molecular flexibility index (Phi) is 5.39. The van der Waals surface area contributed by atoms with Crippen LogP contribution in [0, 0.1) is 0 Å². The van der Waals surface area contributed by atoms with Gasteiger partial charge in [-0.3, -0.25) is 4.98 Å². The van der Waals surface area contributed by atoms with Crippen LogP contribution >= 0.6 is 0 Å². The van der Waals surface area contributed by atoms with Crippen molar-refractivity contribution in [2.75, 3.05) is 11.9 Å². The molecular formula is C19H16F3N3O2S. The standard InChI is InChI=1S/C19H16F3N3O2S/c1-2-11-24-28(26,27)14-8-6-13(7-9-14)25-17-10-12-23-18-15(17)4-3-5-16(18)19(20,21)22/h2-10,12,24H,1,11H2,(H,23,25). The third-order valence-electron chi connectivity index (χ3n) is 3.94. The summed E-state index contributed by atoms with van der Waals surface area (Å²) in [6.45, 7) is 3.56. The third kappa shape index (κ3) is 4.15. The van der Waals surface area contributed by atoms with Gasteiger partial charge in [0, 0.05) is 29.5 Å². The highest BCUT2D eigenvalue weighted by atomic mass is 32.2. The second-order valence-corrected chi connectivity index (χ2v) is 7.61. The number of nitrogens with zero attached hydrogens (tertiary/aromatic N) is 1. The molecule has 0 aliphatic rings. The molecule has 0 fully saturated rings. The summed E-state index contributed by atoms with van der Waals surface area (Å²) in [6.07, 6.45) is -1.80. The van der Waals surface area contributed by atoms with Crippen molar-refractivity contribution in [2.45, 2.75) is 11.1 Å². The van der Waals surface area contributed by atoms with E-state index in [0.717, 1.165) is 6.07 Å². The highest BCUT2D eigenvalue weighted by Gasteiger charge is 2.33. The van der Waals surface area contributed by atoms with Crippen LogP contribution in [0.4, 0.5) is 24.5 Å². The molecule has 0 saturated carbocycles. The summed E-state index contributed by atoms with van der Waals surface area (Å²) in [6, 6.07) is 11.3. The minimum atomic E-state index is -4.51. The molecule has 2 aromatic carbocycles. The zero-order valence-electron chi connectivity index (χ0n) is 14.5. The maximum Gasteiger partial charge on any atom is 0.418 e. The molecule has 0 amide bonds. The molecule has 1 heterocycles. The van der Waals surface area contributed by atoms with E-state index in [1.54, 1.807) is 6.07 Å². The zero-order chi connectivity index (χ0) is 20.4. The number of hydrogen-bond donors (Lipinski definition) is 2. The Balaban J connectivity index is 1.92. The summed E-state index contributed by atoms with van der Waals surface area (Å²) in [5.74, 6) is 0. The third-order valence-corrected chi connectivity index (χ3v) is 5.38. The average molecular weight is 407 g/mol. The van der Waals surface area contributed by atoms with E-state index < -0.39 is 21.8 Å². The van der Waals surface area contributed by atoms with Gasteiger partial charge in [-0.05, 0) is 36.4 Å². The second-order valence-electron chi connectivity index (χ2n) is 5.85. The number of benzene rings is 2. The van der Waals surface area contributed by atoms with E-state index in [2.05, 4.69) is 21.6 Å². The molecule has 0 radical (unpaired) electrons. The molecule has 5 nitrogen and oxygen atoms in total. The monoisotopic (exact) mass is 407 g/mol. The molecule has 0 saturated heterocycles. The first kappa shape index (κ1) is 19.8. The van der Waals surface area contributed by atoms with E-state index in [9.17, 15) is 21.6 Å². The van der Waals surface area contributed by atoms with E-state index in [0.29, 0.717) is 16.8 Å². The van der Waals surface area contributed by atoms with Crippen LogP contribution in [-0.4, -0.2) is 19.9 Å². The Bertz CT molecular complexity index is 1110. The summed E-state index contributed by atoms with van der Waals surface area (Å²) in [5, 5.41) is 3.32. The summed E-state index contributed by atoms with van der Waals surface area (Å²) < 4.78 is 66.1. The van der Waals surface area contributed by atoms with Gasteiger partial charge < -0.3 is 5.32 Å². The van der Waals surface area contributed by atoms with Crippen molar-refractivity contribution in [2.24, 2.45) is 0 Å². The Hall–Kier alpha value is -2.91. The number of sulfonamides is 1. The van der Waals surface area contributed by atoms with Gasteiger partial charge in [0.1, 0.15) is 0 Å². The lowest BCUT2D eigenvalue weighted by atomic mass is 10.1. The van der Waals surface area contributed by atoms with Gasteiger partial charge in [-0.15, -0.1) is 6.58 Å². The second kappa shape index (κ2) is 7.61. The minimum absolute atomic E-state index is 0.0684. The van der Waals surface area contributed by atoms with Crippen LogP contribution in [0.25, 0.3) is 10.9 Å². The first-order chi connectivity index (χ1) is 13.2. The van der Waals surface area contributed by atoms with Crippen molar-refractivity contribution < 1.29 is 21.6 Å². The molecule has 3 rings (SSSR count). The van der Waals surface area contributed by atoms with Gasteiger partial charge in [0.2, 0.25) is 10.0 Å². The Labute approximate surface area is 160 Å². The zero-order valence-corrected chi connectivity index (χ0v) is 15.3. The van der Waals surface area contributed by atoms with Gasteiger partial charge in [0.25, 0.3) is 0 Å². The summed E-state index contributed by atoms with van der Waals surface area (Å²) in [7, 11) is -3.65. The fraction of sp³-hybridized carbons (Fsp3) is 0.105. The predicted octanol–water partition coefficient (Wildman–Crippen LogP) is 4.46. The molecule has 1 aromatic heterocycles. The average Bonchev–Trinajstić information content (AvgIpc) is 2.66. The van der Waals surface area contributed by atoms with Gasteiger partial charge in [-0.25, -0.2) is 13.1 Å². The number of alkyl halides is 3. The molecule has 2 N–H and O–H groups in total. The topological polar surface area (TPSA) is 71.1 Å². The van der Waals surface area contributed by atoms with E-state index in [4.69, 9.17) is 0 Å². The van der Waals surface area contributed by atoms with Crippen molar-refractivity contribution in [3.8, 4) is 0 Å². The number of fused-ring (bicyclic) bond motifs is 1. The van der Waals surface area contributed by atoms with Crippen molar-refractivity contribution in [3.05, 3.63) is 72.9 Å². The van der Waals surface area contributed by atoms with E-state index >= 15 is 0 Å². The largest absolute Gasteiger partial charge is 0.418 e. The Morgan fingerprint density at radius 3 is 2.43 bits per heavy atom. The van der Waals surface area contributed by atoms with E-state index in [1.807, 2.05) is 0 Å². The van der Waals surface area contributed by atoms with Crippen LogP contribution in [0.2, 0.25) is 0 Å². The Morgan fingerprint density at radius 2 is 1.79 bits per heavy atom. The molecule has 0 aliphatic heterocycles. The van der Waals surface area contributed by atoms with Crippen LogP contribution in [0.1, 0.15) is 5.56 Å². The van der Waals surface area contributed by atoms with Crippen molar-refractivity contribution in [1.29, 1.82) is 0 Å². The fourth-order valence-corrected chi connectivity index (χ4v) is 3.64. The number of para-hydroxylation sites is 1. The van der Waals surface area contributed by atoms with Gasteiger partial charge in [-0.1, -0.05) is 18.2 Å². The highest BCUT2D eigenvalue weighted by Crippen LogP contribution is 2.36. The number of aromatic nitrogens is 1. The summed E-state index contributed by atoms with van der Waals surface area (Å²) >= 11 is 0. The maximum atomic E-state index is 13.2. The van der Waals surface area contributed by atoms with Crippen LogP contribution in [-0.2, 0) is 16.2 Å². The number of rotatable bonds is 6. The molecule has 3 aromatic rings. The van der Waals surface area contributed by atoms with Crippen molar-refractivity contribution in [3.63, 3.8) is 0 Å². The highest BCUT2D eigenvalue weighted by molar-refractivity contribution is 7.89. The number of halogens is 3. The number of hydrogen-bond acceptors (Lipinski definition) is 4. The molecule has 0 bridgehead atoms. The minimum Gasteiger partial charge on any atom is -0.355 e. The van der Waals surface area contributed by atoms with E-state index in [-0.39, 0.29) is 17.0 Å². The number of anilines is 2. The van der Waals surface area contributed by atoms with Crippen molar-refractivity contribution in [1.82, 2.24) is 9.71 Å². The smallest absolute Gasteiger partial charge is 0.355 e. The lowest BCUT2D eigenvalue weighted by Crippen LogP contribution is -2.23. The van der Waals surface area contributed by atoms with Crippen LogP contribution in [0.5, 0.6) is 0 Å². The van der Waals surface area contributed by atoms with E-state index in [1.165, 1.54) is 48.7 Å². The van der Waals surface area contributed by atoms with Gasteiger partial charge in [0.15, 0.2) is 0 Å². The quantitative estimate of drug-likeness (QED) is 0.592. The fourth-order valence-electron chi connectivity index (χ4n) is 2.64. The lowest BCUT2D eigenvalue weighted by molar-refractivity contribution is -0.136. The van der Waals surface area contributed by atoms with Crippen molar-refractivity contribution >= 4 is 32.3 Å². The molecule has 0 aliphatic carbocycles. The first-order valence-corrected chi connectivity index (χ1v) is 9.63. The molecular weight excluding hydrogens is 391 g/mol. The SMILES string of the molecule is C=CCNS(=O)(=O)c1ccc(Nc2ccnc3c(C(F)(F)F)cccc23)cc1. The Morgan fingerprint density at radius 1 is 1.07 bits per heavy atom. The number of pyridine rings is 1. The lowest BCUT2D eigenvalue weighted by Gasteiger charge is -2.13. The van der Waals surface area contributed by atoms with Crippen LogP contribution < -0.4 is 10.0 Å². The normalized spacial score (nSPS) is 12.1. The molecule has 0 unspecified atom stereocenters. The molecule has 146 valence electrons. The first-order valence-electron chi connectivity index (χ1n) is 8.15. The summed E-state index contributed by atoms with van der Waals surface area (Å²) in [4.78, 5) is 3.94. The van der Waals surface area contributed by atoms with Crippen LogP contribution in [0.3, 0.4) is 0 Å². The van der Waals surface area contributed by atoms with Gasteiger partial charge in [0.05, 0.1) is 16.0 Å². The molecule has 9 heteroatoms. The predicted molar refractivity (Wildman–Crippen MR) is 102 cm³/mol. The van der Waals surface area contributed by atoms with Gasteiger partial charge >= 0.3 is 6.18 Å². The van der Waals surface area contributed by atoms with Crippen LogP contribution in [0.15, 0.2) is 72.3 Å².